The normalized spacial score (nSPS) is 11.4. The summed E-state index contributed by atoms with van der Waals surface area (Å²) in [4.78, 5) is 24.2. The van der Waals surface area contributed by atoms with Gasteiger partial charge in [0.15, 0.2) is 0 Å². The van der Waals surface area contributed by atoms with E-state index in [0.29, 0.717) is 12.1 Å². The zero-order valence-corrected chi connectivity index (χ0v) is 15.0. The molecule has 0 aliphatic carbocycles. The van der Waals surface area contributed by atoms with Crippen LogP contribution in [0.4, 0.5) is 11.4 Å². The predicted molar refractivity (Wildman–Crippen MR) is 91.8 cm³/mol. The van der Waals surface area contributed by atoms with Crippen LogP contribution in [0.3, 0.4) is 0 Å². The minimum Gasteiger partial charge on any atom is -0.372 e. The van der Waals surface area contributed by atoms with Crippen LogP contribution >= 0.6 is 0 Å². The quantitative estimate of drug-likeness (QED) is 0.415. The summed E-state index contributed by atoms with van der Waals surface area (Å²) in [6, 6.07) is 4.26. The van der Waals surface area contributed by atoms with Crippen molar-refractivity contribution in [2.75, 3.05) is 45.4 Å². The minimum absolute atomic E-state index is 0.149. The number of nitro groups is 1. The highest BCUT2D eigenvalue weighted by molar-refractivity contribution is 7.88. The van der Waals surface area contributed by atoms with Crippen LogP contribution in [0, 0.1) is 10.1 Å². The fourth-order valence-electron chi connectivity index (χ4n) is 1.96. The van der Waals surface area contributed by atoms with Crippen molar-refractivity contribution in [3.8, 4) is 0 Å². The van der Waals surface area contributed by atoms with Crippen LogP contribution in [0.25, 0.3) is 0 Å². The summed E-state index contributed by atoms with van der Waals surface area (Å²) in [6.45, 7) is 0.542. The maximum absolute atomic E-state index is 12.1. The average Bonchev–Trinajstić information content (AvgIpc) is 2.49. The molecule has 0 aliphatic heterocycles. The molecule has 1 amide bonds. The zero-order valence-electron chi connectivity index (χ0n) is 14.1. The van der Waals surface area contributed by atoms with Crippen molar-refractivity contribution in [2.24, 2.45) is 0 Å². The summed E-state index contributed by atoms with van der Waals surface area (Å²) in [5, 5.41) is 13.7. The Morgan fingerprint density at radius 2 is 1.92 bits per heavy atom. The van der Waals surface area contributed by atoms with Crippen LogP contribution in [0.1, 0.15) is 16.8 Å². The number of hydrogen-bond acceptors (Lipinski definition) is 6. The molecule has 24 heavy (non-hydrogen) atoms. The van der Waals surface area contributed by atoms with Gasteiger partial charge in [-0.1, -0.05) is 0 Å². The van der Waals surface area contributed by atoms with Crippen LogP contribution in [0.5, 0.6) is 0 Å². The third-order valence-electron chi connectivity index (χ3n) is 3.42. The van der Waals surface area contributed by atoms with E-state index in [0.717, 1.165) is 6.26 Å². The van der Waals surface area contributed by atoms with Gasteiger partial charge in [-0.3, -0.25) is 14.9 Å². The van der Waals surface area contributed by atoms with Crippen molar-refractivity contribution < 1.29 is 18.1 Å². The van der Waals surface area contributed by atoms with E-state index in [1.165, 1.54) is 29.6 Å². The molecule has 134 valence electrons. The Hall–Kier alpha value is -2.20. The molecule has 0 atom stereocenters. The molecule has 0 spiro atoms. The first-order valence-corrected chi connectivity index (χ1v) is 9.04. The monoisotopic (exact) mass is 358 g/mol. The van der Waals surface area contributed by atoms with Gasteiger partial charge in [-0.2, -0.15) is 0 Å². The lowest BCUT2D eigenvalue weighted by atomic mass is 10.1. The van der Waals surface area contributed by atoms with E-state index >= 15 is 0 Å². The van der Waals surface area contributed by atoms with Gasteiger partial charge in [-0.15, -0.1) is 0 Å². The van der Waals surface area contributed by atoms with Crippen LogP contribution in [-0.4, -0.2) is 64.0 Å². The lowest BCUT2D eigenvalue weighted by molar-refractivity contribution is -0.384. The minimum atomic E-state index is -3.24. The summed E-state index contributed by atoms with van der Waals surface area (Å²) in [5.41, 5.74) is 0.444. The number of amides is 1. The molecule has 0 heterocycles. The Kier molecular flexibility index (Phi) is 6.67. The summed E-state index contributed by atoms with van der Waals surface area (Å²) in [5.74, 6) is -0.439. The second-order valence-corrected chi connectivity index (χ2v) is 7.64. The average molecular weight is 358 g/mol. The summed E-state index contributed by atoms with van der Waals surface area (Å²) >= 11 is 0. The van der Waals surface area contributed by atoms with Gasteiger partial charge < -0.3 is 10.2 Å². The van der Waals surface area contributed by atoms with Gasteiger partial charge >= 0.3 is 0 Å². The Balaban J connectivity index is 2.69. The van der Waals surface area contributed by atoms with Crippen LogP contribution in [0.15, 0.2) is 18.2 Å². The molecule has 0 saturated carbocycles. The third-order valence-corrected chi connectivity index (χ3v) is 4.73. The largest absolute Gasteiger partial charge is 0.372 e. The number of rotatable bonds is 8. The van der Waals surface area contributed by atoms with Gasteiger partial charge in [0, 0.05) is 45.9 Å². The second kappa shape index (κ2) is 8.06. The fourth-order valence-corrected chi connectivity index (χ4v) is 2.42. The lowest BCUT2D eigenvalue weighted by Gasteiger charge is -2.14. The first-order valence-electron chi connectivity index (χ1n) is 7.19. The van der Waals surface area contributed by atoms with Gasteiger partial charge in [-0.05, 0) is 18.6 Å². The number of carbonyl (C=O) groups excluding carboxylic acids is 1. The molecule has 1 aromatic rings. The van der Waals surface area contributed by atoms with E-state index in [1.54, 1.807) is 19.0 Å². The Labute approximate surface area is 141 Å². The van der Waals surface area contributed by atoms with Crippen molar-refractivity contribution in [3.05, 3.63) is 33.9 Å². The van der Waals surface area contributed by atoms with E-state index in [2.05, 4.69) is 5.32 Å². The Bertz CT molecular complexity index is 718. The molecule has 10 heteroatoms. The van der Waals surface area contributed by atoms with Gasteiger partial charge in [0.25, 0.3) is 11.6 Å². The molecule has 1 N–H and O–H groups in total. The molecule has 0 unspecified atom stereocenters. The van der Waals surface area contributed by atoms with Gasteiger partial charge in [0.05, 0.1) is 11.2 Å². The van der Waals surface area contributed by atoms with E-state index in [1.807, 2.05) is 0 Å². The molecule has 0 aromatic heterocycles. The summed E-state index contributed by atoms with van der Waals surface area (Å²) in [7, 11) is 1.58. The van der Waals surface area contributed by atoms with Crippen molar-refractivity contribution in [3.63, 3.8) is 0 Å². The number of hydrogen-bond donors (Lipinski definition) is 1. The number of nitrogens with one attached hydrogen (secondary N) is 1. The third kappa shape index (κ3) is 5.46. The molecule has 0 aliphatic rings. The SMILES string of the molecule is CN(C)c1ccc(C(=O)NCCCN(C)S(C)(=O)=O)cc1[N+](=O)[O-]. The molecular formula is C14H22N4O5S. The highest BCUT2D eigenvalue weighted by Crippen LogP contribution is 2.27. The fraction of sp³-hybridized carbons (Fsp3) is 0.500. The van der Waals surface area contributed by atoms with Crippen molar-refractivity contribution in [2.45, 2.75) is 6.42 Å². The maximum Gasteiger partial charge on any atom is 0.293 e. The standard InChI is InChI=1S/C14H22N4O5S/c1-16(2)12-7-6-11(10-13(12)18(20)21)14(19)15-8-5-9-17(3)24(4,22)23/h6-7,10H,5,8-9H2,1-4H3,(H,15,19). The van der Waals surface area contributed by atoms with E-state index in [4.69, 9.17) is 0 Å². The first-order chi connectivity index (χ1) is 11.0. The number of carbonyl (C=O) groups is 1. The zero-order chi connectivity index (χ0) is 18.5. The van der Waals surface area contributed by atoms with Gasteiger partial charge in [0.1, 0.15) is 5.69 Å². The second-order valence-electron chi connectivity index (χ2n) is 5.55. The molecule has 0 bridgehead atoms. The van der Waals surface area contributed by atoms with Crippen LogP contribution < -0.4 is 10.2 Å². The number of nitrogens with zero attached hydrogens (tertiary/aromatic N) is 3. The molecule has 9 nitrogen and oxygen atoms in total. The smallest absolute Gasteiger partial charge is 0.293 e. The Morgan fingerprint density at radius 1 is 1.29 bits per heavy atom. The van der Waals surface area contributed by atoms with E-state index < -0.39 is 20.9 Å². The number of sulfonamides is 1. The maximum atomic E-state index is 12.1. The van der Waals surface area contributed by atoms with Crippen LogP contribution in [-0.2, 0) is 10.0 Å². The highest BCUT2D eigenvalue weighted by atomic mass is 32.2. The summed E-state index contributed by atoms with van der Waals surface area (Å²) in [6.07, 6.45) is 1.55. The lowest BCUT2D eigenvalue weighted by Crippen LogP contribution is -2.31. The molecule has 0 fully saturated rings. The van der Waals surface area contributed by atoms with Gasteiger partial charge in [-0.25, -0.2) is 12.7 Å². The molecule has 0 saturated heterocycles. The molecular weight excluding hydrogens is 336 g/mol. The topological polar surface area (TPSA) is 113 Å². The van der Waals surface area contributed by atoms with Crippen molar-refractivity contribution in [1.29, 1.82) is 0 Å². The molecule has 1 rings (SSSR count). The molecule has 0 radical (unpaired) electrons. The van der Waals surface area contributed by atoms with Crippen LogP contribution in [0.2, 0.25) is 0 Å². The van der Waals surface area contributed by atoms with Gasteiger partial charge in [0.2, 0.25) is 10.0 Å². The number of anilines is 1. The highest BCUT2D eigenvalue weighted by Gasteiger charge is 2.18. The Morgan fingerprint density at radius 3 is 2.42 bits per heavy atom. The summed E-state index contributed by atoms with van der Waals surface area (Å²) < 4.78 is 23.7. The first kappa shape index (κ1) is 19.8. The number of nitro benzene ring substituents is 1. The van der Waals surface area contributed by atoms with E-state index in [-0.39, 0.29) is 24.3 Å². The van der Waals surface area contributed by atoms with Crippen molar-refractivity contribution >= 4 is 27.3 Å². The predicted octanol–water partition coefficient (Wildman–Crippen LogP) is 0.672. The van der Waals surface area contributed by atoms with E-state index in [9.17, 15) is 23.3 Å². The molecule has 1 aromatic carbocycles. The number of benzene rings is 1. The van der Waals surface area contributed by atoms with Crippen molar-refractivity contribution in [1.82, 2.24) is 9.62 Å².